The van der Waals surface area contributed by atoms with E-state index in [1.165, 1.54) is 0 Å². The van der Waals surface area contributed by atoms with Crippen LogP contribution in [0, 0.1) is 13.8 Å². The zero-order valence-corrected chi connectivity index (χ0v) is 17.2. The van der Waals surface area contributed by atoms with Crippen molar-refractivity contribution in [1.82, 2.24) is 14.8 Å². The van der Waals surface area contributed by atoms with Gasteiger partial charge >= 0.3 is 5.63 Å². The van der Waals surface area contributed by atoms with Gasteiger partial charge in [-0.1, -0.05) is 60.3 Å². The van der Waals surface area contributed by atoms with Gasteiger partial charge in [0.05, 0.1) is 0 Å². The molecule has 5 nitrogen and oxygen atoms in total. The molecule has 0 saturated carbocycles. The van der Waals surface area contributed by atoms with E-state index in [0.29, 0.717) is 17.9 Å². The number of hydrogen-bond acceptors (Lipinski definition) is 5. The van der Waals surface area contributed by atoms with Crippen LogP contribution in [-0.4, -0.2) is 14.8 Å². The molecule has 0 bridgehead atoms. The summed E-state index contributed by atoms with van der Waals surface area (Å²) in [7, 11) is 0. The first-order chi connectivity index (χ1) is 14.1. The van der Waals surface area contributed by atoms with E-state index in [1.807, 2.05) is 60.9 Å². The Morgan fingerprint density at radius 1 is 1.14 bits per heavy atom. The fourth-order valence-electron chi connectivity index (χ4n) is 3.28. The second kappa shape index (κ2) is 8.09. The minimum Gasteiger partial charge on any atom is -0.422 e. The highest BCUT2D eigenvalue weighted by atomic mass is 32.2. The van der Waals surface area contributed by atoms with Gasteiger partial charge in [0.2, 0.25) is 0 Å². The van der Waals surface area contributed by atoms with Crippen molar-refractivity contribution >= 4 is 22.7 Å². The van der Waals surface area contributed by atoms with Crippen molar-refractivity contribution in [2.45, 2.75) is 31.3 Å². The van der Waals surface area contributed by atoms with Gasteiger partial charge in [-0.3, -0.25) is 4.57 Å². The van der Waals surface area contributed by atoms with Gasteiger partial charge in [-0.05, 0) is 30.5 Å². The lowest BCUT2D eigenvalue weighted by Gasteiger charge is -2.10. The summed E-state index contributed by atoms with van der Waals surface area (Å²) < 4.78 is 7.52. The van der Waals surface area contributed by atoms with Gasteiger partial charge in [-0.15, -0.1) is 16.8 Å². The Morgan fingerprint density at radius 2 is 1.93 bits per heavy atom. The molecule has 146 valence electrons. The number of fused-ring (bicyclic) bond motifs is 1. The zero-order chi connectivity index (χ0) is 20.4. The first-order valence-corrected chi connectivity index (χ1v) is 10.3. The van der Waals surface area contributed by atoms with Crippen molar-refractivity contribution in [2.75, 3.05) is 0 Å². The largest absolute Gasteiger partial charge is 0.422 e. The van der Waals surface area contributed by atoms with Gasteiger partial charge in [0.25, 0.3) is 0 Å². The molecule has 0 saturated heterocycles. The molecule has 4 aromatic rings. The van der Waals surface area contributed by atoms with Gasteiger partial charge in [-0.25, -0.2) is 4.79 Å². The number of benzene rings is 2. The quantitative estimate of drug-likeness (QED) is 0.253. The second-order valence-electron chi connectivity index (χ2n) is 6.83. The van der Waals surface area contributed by atoms with Crippen molar-refractivity contribution in [3.05, 3.63) is 88.3 Å². The van der Waals surface area contributed by atoms with Crippen LogP contribution in [0.5, 0.6) is 0 Å². The van der Waals surface area contributed by atoms with Crippen molar-refractivity contribution < 1.29 is 4.42 Å². The molecule has 0 unspecified atom stereocenters. The summed E-state index contributed by atoms with van der Waals surface area (Å²) in [6, 6.07) is 15.6. The molecule has 2 aromatic carbocycles. The fourth-order valence-corrected chi connectivity index (χ4v) is 4.22. The van der Waals surface area contributed by atoms with Crippen molar-refractivity contribution in [3.8, 4) is 11.4 Å². The summed E-state index contributed by atoms with van der Waals surface area (Å²) in [5, 5.41) is 10.5. The molecular weight excluding hydrogens is 382 g/mol. The maximum atomic E-state index is 12.1. The zero-order valence-electron chi connectivity index (χ0n) is 16.4. The van der Waals surface area contributed by atoms with E-state index in [0.717, 1.165) is 38.6 Å². The first kappa shape index (κ1) is 19.2. The Hall–Kier alpha value is -3.12. The first-order valence-electron chi connectivity index (χ1n) is 9.33. The summed E-state index contributed by atoms with van der Waals surface area (Å²) in [5.41, 5.74) is 4.35. The van der Waals surface area contributed by atoms with E-state index >= 15 is 0 Å². The van der Waals surface area contributed by atoms with Crippen LogP contribution in [0.25, 0.3) is 22.4 Å². The predicted octanol–water partition coefficient (Wildman–Crippen LogP) is 5.15. The van der Waals surface area contributed by atoms with E-state index in [2.05, 4.69) is 22.8 Å². The monoisotopic (exact) mass is 403 g/mol. The summed E-state index contributed by atoms with van der Waals surface area (Å²) in [6.07, 6.45) is 1.83. The summed E-state index contributed by atoms with van der Waals surface area (Å²) in [5.74, 6) is 1.39. The lowest BCUT2D eigenvalue weighted by atomic mass is 10.0. The Kier molecular flexibility index (Phi) is 5.36. The van der Waals surface area contributed by atoms with Gasteiger partial charge in [0, 0.05) is 29.3 Å². The van der Waals surface area contributed by atoms with Crippen LogP contribution in [0.3, 0.4) is 0 Å². The summed E-state index contributed by atoms with van der Waals surface area (Å²) in [6.45, 7) is 8.46. The lowest BCUT2D eigenvalue weighted by molar-refractivity contribution is 0.557. The summed E-state index contributed by atoms with van der Waals surface area (Å²) >= 11 is 1.55. The predicted molar refractivity (Wildman–Crippen MR) is 117 cm³/mol. The molecule has 6 heteroatoms. The number of hydrogen-bond donors (Lipinski definition) is 0. The normalized spacial score (nSPS) is 11.1. The molecule has 0 radical (unpaired) electrons. The molecule has 0 spiro atoms. The molecule has 0 N–H and O–H groups in total. The number of rotatable bonds is 6. The van der Waals surface area contributed by atoms with Crippen molar-refractivity contribution in [2.24, 2.45) is 0 Å². The fraction of sp³-hybridized carbons (Fsp3) is 0.174. The second-order valence-corrected chi connectivity index (χ2v) is 7.78. The highest BCUT2D eigenvalue weighted by Gasteiger charge is 2.15. The van der Waals surface area contributed by atoms with Crippen LogP contribution in [0.15, 0.2) is 75.6 Å². The van der Waals surface area contributed by atoms with Gasteiger partial charge in [0.1, 0.15) is 5.58 Å². The summed E-state index contributed by atoms with van der Waals surface area (Å²) in [4.78, 5) is 12.1. The third-order valence-electron chi connectivity index (χ3n) is 4.93. The molecular formula is C23H21N3O2S. The third kappa shape index (κ3) is 3.76. The molecule has 0 fully saturated rings. The number of allylic oxidation sites excluding steroid dienone is 1. The average molecular weight is 404 g/mol. The van der Waals surface area contributed by atoms with Crippen LogP contribution in [-0.2, 0) is 12.3 Å². The molecule has 0 aliphatic heterocycles. The van der Waals surface area contributed by atoms with Crippen LogP contribution in [0.2, 0.25) is 0 Å². The number of aryl methyl sites for hydroxylation is 2. The van der Waals surface area contributed by atoms with E-state index in [1.54, 1.807) is 17.8 Å². The third-order valence-corrected chi connectivity index (χ3v) is 5.95. The lowest BCUT2D eigenvalue weighted by Crippen LogP contribution is -2.03. The topological polar surface area (TPSA) is 60.9 Å². The number of nitrogens with zero attached hydrogens (tertiary/aromatic N) is 3. The molecule has 0 aliphatic carbocycles. The van der Waals surface area contributed by atoms with E-state index in [4.69, 9.17) is 4.42 Å². The van der Waals surface area contributed by atoms with E-state index in [9.17, 15) is 4.79 Å². The Morgan fingerprint density at radius 3 is 2.69 bits per heavy atom. The average Bonchev–Trinajstić information content (AvgIpc) is 3.13. The molecule has 0 aliphatic rings. The Balaban J connectivity index is 1.70. The smallest absolute Gasteiger partial charge is 0.336 e. The molecule has 4 rings (SSSR count). The Bertz CT molecular complexity index is 1240. The maximum absolute atomic E-state index is 12.1. The van der Waals surface area contributed by atoms with Gasteiger partial charge in [-0.2, -0.15) is 0 Å². The van der Waals surface area contributed by atoms with Crippen LogP contribution >= 0.6 is 11.8 Å². The van der Waals surface area contributed by atoms with E-state index < -0.39 is 0 Å². The van der Waals surface area contributed by atoms with Crippen molar-refractivity contribution in [1.29, 1.82) is 0 Å². The van der Waals surface area contributed by atoms with Crippen LogP contribution < -0.4 is 5.63 Å². The SMILES string of the molecule is C=CCn1c(SCc2cc(=O)oc3c(C)c(C)ccc23)nnc1-c1ccccc1. The number of aromatic nitrogens is 3. The van der Waals surface area contributed by atoms with Gasteiger partial charge in [0.15, 0.2) is 11.0 Å². The molecule has 2 aromatic heterocycles. The molecule has 2 heterocycles. The van der Waals surface area contributed by atoms with E-state index in [-0.39, 0.29) is 5.63 Å². The highest BCUT2D eigenvalue weighted by Crippen LogP contribution is 2.30. The minimum absolute atomic E-state index is 0.334. The molecule has 0 amide bonds. The standard InChI is InChI=1S/C23H21N3O2S/c1-4-12-26-22(17-8-6-5-7-9-17)24-25-23(26)29-14-18-13-20(27)28-21-16(3)15(2)10-11-19(18)21/h4-11,13H,1,12,14H2,2-3H3. The van der Waals surface area contributed by atoms with Crippen molar-refractivity contribution in [3.63, 3.8) is 0 Å². The molecule has 0 atom stereocenters. The minimum atomic E-state index is -0.334. The maximum Gasteiger partial charge on any atom is 0.336 e. The highest BCUT2D eigenvalue weighted by molar-refractivity contribution is 7.98. The van der Waals surface area contributed by atoms with Crippen LogP contribution in [0.4, 0.5) is 0 Å². The number of thioether (sulfide) groups is 1. The van der Waals surface area contributed by atoms with Crippen LogP contribution in [0.1, 0.15) is 16.7 Å². The Labute approximate surface area is 173 Å². The van der Waals surface area contributed by atoms with Gasteiger partial charge < -0.3 is 4.42 Å². The molecule has 29 heavy (non-hydrogen) atoms.